The maximum absolute atomic E-state index is 5.24. The van der Waals surface area contributed by atoms with Gasteiger partial charge in [-0.1, -0.05) is 19.9 Å². The van der Waals surface area contributed by atoms with Gasteiger partial charge in [0.1, 0.15) is 6.17 Å². The fraction of sp³-hybridized carbons (Fsp3) is 0.455. The van der Waals surface area contributed by atoms with Crippen LogP contribution in [0.4, 0.5) is 0 Å². The van der Waals surface area contributed by atoms with E-state index in [-0.39, 0.29) is 6.17 Å². The molecular formula is C11H16N2O. The molecule has 0 aromatic rings. The van der Waals surface area contributed by atoms with E-state index in [1.54, 1.807) is 7.11 Å². The molecule has 0 radical (unpaired) electrons. The largest absolute Gasteiger partial charge is 0.363 e. The minimum Gasteiger partial charge on any atom is -0.363 e. The first kappa shape index (κ1) is 9.34. The van der Waals surface area contributed by atoms with Crippen molar-refractivity contribution >= 4 is 0 Å². The Labute approximate surface area is 84.7 Å². The molecule has 0 aromatic heterocycles. The fourth-order valence-electron chi connectivity index (χ4n) is 1.72. The van der Waals surface area contributed by atoms with Gasteiger partial charge in [-0.15, -0.1) is 0 Å². The highest BCUT2D eigenvalue weighted by Crippen LogP contribution is 2.26. The van der Waals surface area contributed by atoms with Crippen molar-refractivity contribution in [3.63, 3.8) is 0 Å². The Kier molecular flexibility index (Phi) is 2.33. The van der Waals surface area contributed by atoms with Crippen LogP contribution in [0.3, 0.4) is 0 Å². The van der Waals surface area contributed by atoms with E-state index < -0.39 is 0 Å². The summed E-state index contributed by atoms with van der Waals surface area (Å²) in [5.41, 5.74) is 2.53. The fourth-order valence-corrected chi connectivity index (χ4v) is 1.72. The van der Waals surface area contributed by atoms with Crippen LogP contribution in [-0.2, 0) is 4.84 Å². The van der Waals surface area contributed by atoms with Crippen molar-refractivity contribution in [3.05, 3.63) is 35.7 Å². The van der Waals surface area contributed by atoms with Gasteiger partial charge in [0.25, 0.3) is 0 Å². The number of hydrogen-bond donors (Lipinski definition) is 1. The van der Waals surface area contributed by atoms with Crippen LogP contribution >= 0.6 is 0 Å². The number of nitrogens with one attached hydrogen (secondary N) is 1. The highest BCUT2D eigenvalue weighted by atomic mass is 16.7. The molecule has 3 nitrogen and oxygen atoms in total. The minimum atomic E-state index is 0.155. The van der Waals surface area contributed by atoms with Gasteiger partial charge >= 0.3 is 0 Å². The first-order valence-electron chi connectivity index (χ1n) is 4.91. The summed E-state index contributed by atoms with van der Waals surface area (Å²) in [6.45, 7) is 4.36. The highest BCUT2D eigenvalue weighted by molar-refractivity contribution is 5.39. The standard InChI is InChI=1S/C11H16N2O/c1-8(2)10-7-9-5-4-6-13(14-3)11(9)12-10/h4-8,11-12H,1-3H3. The molecule has 0 amide bonds. The molecule has 0 aromatic carbocycles. The Morgan fingerprint density at radius 1 is 1.50 bits per heavy atom. The molecule has 76 valence electrons. The smallest absolute Gasteiger partial charge is 0.150 e. The Hall–Kier alpha value is -1.22. The van der Waals surface area contributed by atoms with Crippen LogP contribution in [0.1, 0.15) is 13.8 Å². The molecule has 0 fully saturated rings. The summed E-state index contributed by atoms with van der Waals surface area (Å²) < 4.78 is 0. The zero-order valence-corrected chi connectivity index (χ0v) is 8.82. The third kappa shape index (κ3) is 1.44. The molecule has 0 bridgehead atoms. The molecule has 2 aliphatic heterocycles. The topological polar surface area (TPSA) is 24.5 Å². The van der Waals surface area contributed by atoms with Crippen LogP contribution in [0.5, 0.6) is 0 Å². The number of rotatable bonds is 2. The summed E-state index contributed by atoms with van der Waals surface area (Å²) >= 11 is 0. The van der Waals surface area contributed by atoms with E-state index in [1.807, 2.05) is 17.3 Å². The zero-order valence-electron chi connectivity index (χ0n) is 8.82. The lowest BCUT2D eigenvalue weighted by Gasteiger charge is -2.29. The van der Waals surface area contributed by atoms with Crippen molar-refractivity contribution in [2.75, 3.05) is 7.11 Å². The first-order chi connectivity index (χ1) is 6.72. The average molecular weight is 192 g/mol. The van der Waals surface area contributed by atoms with Crippen LogP contribution in [0.2, 0.25) is 0 Å². The van der Waals surface area contributed by atoms with Crippen molar-refractivity contribution in [3.8, 4) is 0 Å². The number of hydrogen-bond acceptors (Lipinski definition) is 3. The summed E-state index contributed by atoms with van der Waals surface area (Å²) in [4.78, 5) is 5.24. The highest BCUT2D eigenvalue weighted by Gasteiger charge is 2.27. The number of allylic oxidation sites excluding steroid dienone is 3. The predicted molar refractivity (Wildman–Crippen MR) is 55.9 cm³/mol. The van der Waals surface area contributed by atoms with Gasteiger partial charge in [0.2, 0.25) is 0 Å². The van der Waals surface area contributed by atoms with Gasteiger partial charge in [0, 0.05) is 11.9 Å². The maximum Gasteiger partial charge on any atom is 0.150 e. The van der Waals surface area contributed by atoms with Crippen LogP contribution in [0, 0.1) is 5.92 Å². The van der Waals surface area contributed by atoms with Crippen LogP contribution in [0.15, 0.2) is 35.7 Å². The Morgan fingerprint density at radius 2 is 2.29 bits per heavy atom. The van der Waals surface area contributed by atoms with E-state index >= 15 is 0 Å². The summed E-state index contributed by atoms with van der Waals surface area (Å²) in [6, 6.07) is 0. The van der Waals surface area contributed by atoms with Crippen LogP contribution in [-0.4, -0.2) is 18.3 Å². The number of nitrogens with zero attached hydrogens (tertiary/aromatic N) is 1. The van der Waals surface area contributed by atoms with E-state index in [9.17, 15) is 0 Å². The van der Waals surface area contributed by atoms with Crippen molar-refractivity contribution in [2.24, 2.45) is 5.92 Å². The molecule has 1 atom stereocenters. The second-order valence-corrected chi connectivity index (χ2v) is 3.85. The van der Waals surface area contributed by atoms with E-state index in [2.05, 4.69) is 31.3 Å². The molecule has 0 spiro atoms. The van der Waals surface area contributed by atoms with Gasteiger partial charge < -0.3 is 5.32 Å². The minimum absolute atomic E-state index is 0.155. The van der Waals surface area contributed by atoms with Crippen LogP contribution < -0.4 is 5.32 Å². The Bertz CT molecular complexity index is 315. The molecular weight excluding hydrogens is 176 g/mol. The van der Waals surface area contributed by atoms with Gasteiger partial charge in [-0.3, -0.25) is 4.84 Å². The second kappa shape index (κ2) is 3.50. The lowest BCUT2D eigenvalue weighted by Crippen LogP contribution is -2.41. The molecule has 2 rings (SSSR count). The van der Waals surface area contributed by atoms with E-state index in [4.69, 9.17) is 4.84 Å². The van der Waals surface area contributed by atoms with Gasteiger partial charge in [-0.2, -0.15) is 0 Å². The zero-order chi connectivity index (χ0) is 10.1. The molecule has 0 saturated carbocycles. The molecule has 0 aliphatic carbocycles. The Morgan fingerprint density at radius 3 is 2.93 bits per heavy atom. The molecule has 0 saturated heterocycles. The first-order valence-corrected chi connectivity index (χ1v) is 4.91. The summed E-state index contributed by atoms with van der Waals surface area (Å²) in [5, 5.41) is 5.26. The average Bonchev–Trinajstić information content (AvgIpc) is 2.60. The second-order valence-electron chi connectivity index (χ2n) is 3.85. The summed E-state index contributed by atoms with van der Waals surface area (Å²) in [7, 11) is 1.68. The molecule has 14 heavy (non-hydrogen) atoms. The van der Waals surface area contributed by atoms with E-state index in [0.29, 0.717) is 5.92 Å². The SMILES string of the molecule is CON1C=CC=C2C=C(C(C)C)NC21. The lowest BCUT2D eigenvalue weighted by atomic mass is 10.1. The monoisotopic (exact) mass is 192 g/mol. The van der Waals surface area contributed by atoms with Gasteiger partial charge in [-0.25, -0.2) is 5.06 Å². The van der Waals surface area contributed by atoms with Crippen molar-refractivity contribution in [1.29, 1.82) is 0 Å². The number of hydroxylamine groups is 2. The van der Waals surface area contributed by atoms with Crippen molar-refractivity contribution < 1.29 is 4.84 Å². The Balaban J connectivity index is 2.20. The van der Waals surface area contributed by atoms with Crippen molar-refractivity contribution in [1.82, 2.24) is 10.4 Å². The number of fused-ring (bicyclic) bond motifs is 1. The quantitative estimate of drug-likeness (QED) is 0.721. The van der Waals surface area contributed by atoms with Crippen LogP contribution in [0.25, 0.3) is 0 Å². The van der Waals surface area contributed by atoms with E-state index in [1.165, 1.54) is 11.3 Å². The van der Waals surface area contributed by atoms with E-state index in [0.717, 1.165) is 0 Å². The normalized spacial score (nSPS) is 24.6. The van der Waals surface area contributed by atoms with Gasteiger partial charge in [0.15, 0.2) is 0 Å². The third-order valence-electron chi connectivity index (χ3n) is 2.55. The lowest BCUT2D eigenvalue weighted by molar-refractivity contribution is -0.115. The molecule has 1 unspecified atom stereocenters. The molecule has 2 aliphatic rings. The summed E-state index contributed by atoms with van der Waals surface area (Å²) in [5.74, 6) is 0.528. The molecule has 3 heteroatoms. The van der Waals surface area contributed by atoms with Crippen molar-refractivity contribution in [2.45, 2.75) is 20.0 Å². The third-order valence-corrected chi connectivity index (χ3v) is 2.55. The van der Waals surface area contributed by atoms with Gasteiger partial charge in [0.05, 0.1) is 7.11 Å². The van der Waals surface area contributed by atoms with Gasteiger partial charge in [-0.05, 0) is 23.6 Å². The predicted octanol–water partition coefficient (Wildman–Crippen LogP) is 1.77. The maximum atomic E-state index is 5.24. The molecule has 2 heterocycles. The summed E-state index contributed by atoms with van der Waals surface area (Å²) in [6.07, 6.45) is 8.39. The molecule has 1 N–H and O–H groups in total.